The van der Waals surface area contributed by atoms with Gasteiger partial charge in [-0.25, -0.2) is 12.8 Å². The molecule has 4 nitrogen and oxygen atoms in total. The van der Waals surface area contributed by atoms with Crippen molar-refractivity contribution in [2.75, 3.05) is 4.72 Å². The van der Waals surface area contributed by atoms with E-state index in [1.54, 1.807) is 12.1 Å². The Morgan fingerprint density at radius 1 is 1.20 bits per heavy atom. The van der Waals surface area contributed by atoms with Crippen LogP contribution in [0.5, 0.6) is 0 Å². The summed E-state index contributed by atoms with van der Waals surface area (Å²) in [6.07, 6.45) is 0. The van der Waals surface area contributed by atoms with Crippen LogP contribution >= 0.6 is 0 Å². The molecule has 0 radical (unpaired) electrons. The van der Waals surface area contributed by atoms with Gasteiger partial charge >= 0.3 is 0 Å². The normalized spacial score (nSPS) is 11.3. The zero-order chi connectivity index (χ0) is 14.8. The summed E-state index contributed by atoms with van der Waals surface area (Å²) in [7, 11) is -3.69. The standard InChI is InChI=1S/C14H15FN2O2S/c1-10-3-2-4-13(7-10)20(18,19)17-12-5-6-14(15)11(8-12)9-16/h2-8,17H,9,16H2,1H3. The number of hydrogen-bond donors (Lipinski definition) is 2. The molecular formula is C14H15FN2O2S. The molecule has 0 atom stereocenters. The fraction of sp³-hybridized carbons (Fsp3) is 0.143. The zero-order valence-electron chi connectivity index (χ0n) is 10.9. The maximum Gasteiger partial charge on any atom is 0.261 e. The number of aryl methyl sites for hydroxylation is 1. The van der Waals surface area contributed by atoms with Gasteiger partial charge in [-0.3, -0.25) is 4.72 Å². The molecule has 2 rings (SSSR count). The van der Waals surface area contributed by atoms with Crippen LogP contribution in [0.4, 0.5) is 10.1 Å². The Kier molecular flexibility index (Phi) is 4.06. The smallest absolute Gasteiger partial charge is 0.261 e. The van der Waals surface area contributed by atoms with E-state index in [-0.39, 0.29) is 22.7 Å². The predicted octanol–water partition coefficient (Wildman–Crippen LogP) is 2.39. The summed E-state index contributed by atoms with van der Waals surface area (Å²) >= 11 is 0. The molecule has 0 spiro atoms. The van der Waals surface area contributed by atoms with Crippen LogP contribution < -0.4 is 10.5 Å². The minimum Gasteiger partial charge on any atom is -0.326 e. The van der Waals surface area contributed by atoms with Gasteiger partial charge in [0, 0.05) is 17.8 Å². The topological polar surface area (TPSA) is 72.2 Å². The third-order valence-electron chi connectivity index (χ3n) is 2.82. The number of nitrogens with two attached hydrogens (primary N) is 1. The molecule has 0 heterocycles. The van der Waals surface area contributed by atoms with Crippen molar-refractivity contribution in [1.82, 2.24) is 0 Å². The second kappa shape index (κ2) is 5.60. The predicted molar refractivity (Wildman–Crippen MR) is 76.3 cm³/mol. The highest BCUT2D eigenvalue weighted by molar-refractivity contribution is 7.92. The molecule has 0 aliphatic carbocycles. The van der Waals surface area contributed by atoms with Gasteiger partial charge < -0.3 is 5.73 Å². The number of halogens is 1. The number of rotatable bonds is 4. The lowest BCUT2D eigenvalue weighted by Gasteiger charge is -2.10. The number of nitrogens with one attached hydrogen (secondary N) is 1. The molecule has 0 aromatic heterocycles. The molecule has 0 aliphatic rings. The highest BCUT2D eigenvalue weighted by Gasteiger charge is 2.14. The fourth-order valence-electron chi connectivity index (χ4n) is 1.79. The largest absolute Gasteiger partial charge is 0.326 e. The Morgan fingerprint density at radius 2 is 1.95 bits per heavy atom. The van der Waals surface area contributed by atoms with E-state index in [1.807, 2.05) is 13.0 Å². The number of benzene rings is 2. The lowest BCUT2D eigenvalue weighted by molar-refractivity contribution is 0.600. The fourth-order valence-corrected chi connectivity index (χ4v) is 2.95. The molecule has 0 saturated carbocycles. The third-order valence-corrected chi connectivity index (χ3v) is 4.20. The van der Waals surface area contributed by atoms with Crippen LogP contribution in [-0.2, 0) is 16.6 Å². The van der Waals surface area contributed by atoms with Crippen LogP contribution in [-0.4, -0.2) is 8.42 Å². The first-order chi connectivity index (χ1) is 9.42. The Labute approximate surface area is 117 Å². The summed E-state index contributed by atoms with van der Waals surface area (Å²) in [4.78, 5) is 0.163. The highest BCUT2D eigenvalue weighted by atomic mass is 32.2. The van der Waals surface area contributed by atoms with E-state index in [4.69, 9.17) is 5.73 Å². The van der Waals surface area contributed by atoms with Crippen molar-refractivity contribution >= 4 is 15.7 Å². The number of sulfonamides is 1. The van der Waals surface area contributed by atoms with E-state index in [0.29, 0.717) is 0 Å². The van der Waals surface area contributed by atoms with Crippen molar-refractivity contribution in [2.24, 2.45) is 5.73 Å². The molecular weight excluding hydrogens is 279 g/mol. The van der Waals surface area contributed by atoms with Gasteiger partial charge in [0.1, 0.15) is 5.82 Å². The van der Waals surface area contributed by atoms with Crippen molar-refractivity contribution in [3.8, 4) is 0 Å². The summed E-state index contributed by atoms with van der Waals surface area (Å²) in [5.41, 5.74) is 6.78. The molecule has 106 valence electrons. The van der Waals surface area contributed by atoms with E-state index in [9.17, 15) is 12.8 Å². The summed E-state index contributed by atoms with van der Waals surface area (Å²) in [5.74, 6) is -0.453. The minimum absolute atomic E-state index is 0.00580. The van der Waals surface area contributed by atoms with Gasteiger partial charge in [0.2, 0.25) is 0 Å². The van der Waals surface area contributed by atoms with Crippen molar-refractivity contribution in [3.63, 3.8) is 0 Å². The van der Waals surface area contributed by atoms with Gasteiger partial charge in [-0.15, -0.1) is 0 Å². The van der Waals surface area contributed by atoms with E-state index in [0.717, 1.165) is 5.56 Å². The summed E-state index contributed by atoms with van der Waals surface area (Å²) in [5, 5.41) is 0. The monoisotopic (exact) mass is 294 g/mol. The van der Waals surface area contributed by atoms with Crippen LogP contribution in [0.3, 0.4) is 0 Å². The van der Waals surface area contributed by atoms with Gasteiger partial charge in [-0.2, -0.15) is 0 Å². The Morgan fingerprint density at radius 3 is 2.60 bits per heavy atom. The zero-order valence-corrected chi connectivity index (χ0v) is 11.7. The summed E-state index contributed by atoms with van der Waals surface area (Å²) < 4.78 is 40.1. The maximum atomic E-state index is 13.3. The molecule has 2 aromatic carbocycles. The van der Waals surface area contributed by atoms with Gasteiger partial charge in [-0.1, -0.05) is 12.1 Å². The van der Waals surface area contributed by atoms with Crippen LogP contribution in [0.25, 0.3) is 0 Å². The van der Waals surface area contributed by atoms with Crippen molar-refractivity contribution in [1.29, 1.82) is 0 Å². The van der Waals surface area contributed by atoms with Crippen molar-refractivity contribution in [3.05, 3.63) is 59.4 Å². The number of anilines is 1. The third kappa shape index (κ3) is 3.15. The molecule has 3 N–H and O–H groups in total. The van der Waals surface area contributed by atoms with E-state index >= 15 is 0 Å². The second-order valence-electron chi connectivity index (χ2n) is 4.43. The molecule has 2 aromatic rings. The molecule has 0 bridgehead atoms. The average molecular weight is 294 g/mol. The quantitative estimate of drug-likeness (QED) is 0.909. The molecule has 0 aliphatic heterocycles. The lowest BCUT2D eigenvalue weighted by atomic mass is 10.2. The molecule has 6 heteroatoms. The first-order valence-corrected chi connectivity index (χ1v) is 7.48. The number of hydrogen-bond acceptors (Lipinski definition) is 3. The molecule has 0 saturated heterocycles. The Balaban J connectivity index is 2.33. The van der Waals surface area contributed by atoms with E-state index in [1.165, 1.54) is 24.3 Å². The summed E-state index contributed by atoms with van der Waals surface area (Å²) in [6.45, 7) is 1.81. The van der Waals surface area contributed by atoms with Gasteiger partial charge in [-0.05, 0) is 42.8 Å². The van der Waals surface area contributed by atoms with Crippen LogP contribution in [0.1, 0.15) is 11.1 Å². The molecule has 0 unspecified atom stereocenters. The second-order valence-corrected chi connectivity index (χ2v) is 6.11. The highest BCUT2D eigenvalue weighted by Crippen LogP contribution is 2.19. The van der Waals surface area contributed by atoms with Gasteiger partial charge in [0.05, 0.1) is 4.90 Å². The van der Waals surface area contributed by atoms with Gasteiger partial charge in [0.15, 0.2) is 0 Å². The van der Waals surface area contributed by atoms with Crippen molar-refractivity contribution < 1.29 is 12.8 Å². The van der Waals surface area contributed by atoms with E-state index < -0.39 is 15.8 Å². The molecule has 0 fully saturated rings. The Bertz CT molecular complexity index is 730. The minimum atomic E-state index is -3.69. The summed E-state index contributed by atoms with van der Waals surface area (Å²) in [6, 6.07) is 10.5. The van der Waals surface area contributed by atoms with Gasteiger partial charge in [0.25, 0.3) is 10.0 Å². The van der Waals surface area contributed by atoms with Crippen LogP contribution in [0.15, 0.2) is 47.4 Å². The van der Waals surface area contributed by atoms with Crippen LogP contribution in [0, 0.1) is 12.7 Å². The Hall–Kier alpha value is -1.92. The molecule has 20 heavy (non-hydrogen) atoms. The maximum absolute atomic E-state index is 13.3. The first-order valence-electron chi connectivity index (χ1n) is 6.00. The van der Waals surface area contributed by atoms with Crippen molar-refractivity contribution in [2.45, 2.75) is 18.4 Å². The average Bonchev–Trinajstić information content (AvgIpc) is 2.40. The van der Waals surface area contributed by atoms with Crippen LogP contribution in [0.2, 0.25) is 0 Å². The first kappa shape index (κ1) is 14.5. The SMILES string of the molecule is Cc1cccc(S(=O)(=O)Nc2ccc(F)c(CN)c2)c1. The molecule has 0 amide bonds. The van der Waals surface area contributed by atoms with E-state index in [2.05, 4.69) is 4.72 Å². The lowest BCUT2D eigenvalue weighted by Crippen LogP contribution is -2.13.